The molecular formula is C14H20N2O. The van der Waals surface area contributed by atoms with Gasteiger partial charge in [-0.15, -0.1) is 0 Å². The molecule has 0 aliphatic heterocycles. The van der Waals surface area contributed by atoms with Crippen LogP contribution in [0.1, 0.15) is 36.9 Å². The number of amides is 1. The molecule has 3 nitrogen and oxygen atoms in total. The Bertz CT molecular complexity index is 424. The molecular weight excluding hydrogens is 212 g/mol. The van der Waals surface area contributed by atoms with Gasteiger partial charge in [0.05, 0.1) is 11.5 Å². The summed E-state index contributed by atoms with van der Waals surface area (Å²) >= 11 is 0. The molecule has 3 heteroatoms. The van der Waals surface area contributed by atoms with Gasteiger partial charge >= 0.3 is 0 Å². The van der Waals surface area contributed by atoms with Crippen LogP contribution in [-0.4, -0.2) is 12.5 Å². The fourth-order valence-electron chi connectivity index (χ4n) is 2.05. The van der Waals surface area contributed by atoms with Crippen molar-refractivity contribution in [2.45, 2.75) is 32.7 Å². The zero-order valence-corrected chi connectivity index (χ0v) is 10.5. The van der Waals surface area contributed by atoms with E-state index >= 15 is 0 Å². The van der Waals surface area contributed by atoms with Crippen LogP contribution in [0.3, 0.4) is 0 Å². The van der Waals surface area contributed by atoms with Gasteiger partial charge in [-0.05, 0) is 32.3 Å². The van der Waals surface area contributed by atoms with E-state index in [4.69, 9.17) is 5.73 Å². The topological polar surface area (TPSA) is 55.1 Å². The monoisotopic (exact) mass is 232 g/mol. The average molecular weight is 232 g/mol. The molecule has 1 amide bonds. The van der Waals surface area contributed by atoms with Gasteiger partial charge in [0.25, 0.3) is 0 Å². The molecule has 1 aliphatic rings. The van der Waals surface area contributed by atoms with Crippen molar-refractivity contribution in [1.82, 2.24) is 5.32 Å². The van der Waals surface area contributed by atoms with E-state index in [1.54, 1.807) is 0 Å². The highest BCUT2D eigenvalue weighted by atomic mass is 16.2. The minimum Gasteiger partial charge on any atom is -0.349 e. The highest BCUT2D eigenvalue weighted by Gasteiger charge is 2.48. The summed E-state index contributed by atoms with van der Waals surface area (Å²) < 4.78 is 0. The minimum absolute atomic E-state index is 0.0476. The third-order valence-electron chi connectivity index (χ3n) is 3.62. The van der Waals surface area contributed by atoms with Crippen molar-refractivity contribution in [2.75, 3.05) is 6.54 Å². The van der Waals surface area contributed by atoms with Gasteiger partial charge in [0.15, 0.2) is 0 Å². The summed E-state index contributed by atoms with van der Waals surface area (Å²) in [5.41, 5.74) is 7.74. The SMILES string of the molecule is Cc1cccc([C@H](C)NC(=O)C2(CN)CC2)c1. The number of carbonyl (C=O) groups excluding carboxylic acids is 1. The molecule has 0 aromatic heterocycles. The Morgan fingerprint density at radius 1 is 1.53 bits per heavy atom. The fourth-order valence-corrected chi connectivity index (χ4v) is 2.05. The Morgan fingerprint density at radius 2 is 2.24 bits per heavy atom. The first-order valence-electron chi connectivity index (χ1n) is 6.15. The Kier molecular flexibility index (Phi) is 3.20. The van der Waals surface area contributed by atoms with Crippen molar-refractivity contribution < 1.29 is 4.79 Å². The molecule has 0 saturated heterocycles. The Balaban J connectivity index is 2.02. The number of hydrogen-bond acceptors (Lipinski definition) is 2. The van der Waals surface area contributed by atoms with Gasteiger partial charge in [0, 0.05) is 6.54 Å². The van der Waals surface area contributed by atoms with E-state index in [9.17, 15) is 4.79 Å². The predicted octanol–water partition coefficient (Wildman–Crippen LogP) is 1.91. The first-order valence-corrected chi connectivity index (χ1v) is 6.15. The third kappa shape index (κ3) is 2.50. The van der Waals surface area contributed by atoms with Crippen molar-refractivity contribution in [3.05, 3.63) is 35.4 Å². The van der Waals surface area contributed by atoms with Gasteiger partial charge < -0.3 is 11.1 Å². The zero-order chi connectivity index (χ0) is 12.5. The Hall–Kier alpha value is -1.35. The van der Waals surface area contributed by atoms with Gasteiger partial charge in [-0.25, -0.2) is 0 Å². The summed E-state index contributed by atoms with van der Waals surface area (Å²) in [5.74, 6) is 0.106. The molecule has 92 valence electrons. The van der Waals surface area contributed by atoms with Gasteiger partial charge in [-0.1, -0.05) is 29.8 Å². The molecule has 1 saturated carbocycles. The van der Waals surface area contributed by atoms with Crippen molar-refractivity contribution in [3.63, 3.8) is 0 Å². The molecule has 0 heterocycles. The molecule has 1 aromatic carbocycles. The lowest BCUT2D eigenvalue weighted by Crippen LogP contribution is -2.37. The minimum atomic E-state index is -0.266. The molecule has 2 rings (SSSR count). The smallest absolute Gasteiger partial charge is 0.227 e. The van der Waals surface area contributed by atoms with E-state index in [0.717, 1.165) is 18.4 Å². The Labute approximate surface area is 102 Å². The van der Waals surface area contributed by atoms with Crippen LogP contribution in [0.15, 0.2) is 24.3 Å². The van der Waals surface area contributed by atoms with Crippen LogP contribution in [0.25, 0.3) is 0 Å². The molecule has 1 fully saturated rings. The van der Waals surface area contributed by atoms with Gasteiger partial charge in [0.1, 0.15) is 0 Å². The number of nitrogens with two attached hydrogens (primary N) is 1. The molecule has 17 heavy (non-hydrogen) atoms. The van der Waals surface area contributed by atoms with E-state index in [1.165, 1.54) is 5.56 Å². The summed E-state index contributed by atoms with van der Waals surface area (Å²) in [4.78, 5) is 12.0. The lowest BCUT2D eigenvalue weighted by Gasteiger charge is -2.19. The van der Waals surface area contributed by atoms with Gasteiger partial charge in [0.2, 0.25) is 5.91 Å². The fraction of sp³-hybridized carbons (Fsp3) is 0.500. The van der Waals surface area contributed by atoms with Crippen molar-refractivity contribution in [3.8, 4) is 0 Å². The maximum Gasteiger partial charge on any atom is 0.227 e. The standard InChI is InChI=1S/C14H20N2O/c1-10-4-3-5-12(8-10)11(2)16-13(17)14(9-15)6-7-14/h3-5,8,11H,6-7,9,15H2,1-2H3,(H,16,17)/t11-/m0/s1. The second-order valence-electron chi connectivity index (χ2n) is 5.09. The van der Waals surface area contributed by atoms with E-state index in [0.29, 0.717) is 6.54 Å². The molecule has 0 spiro atoms. The summed E-state index contributed by atoms with van der Waals surface area (Å²) in [6, 6.07) is 8.27. The maximum atomic E-state index is 12.0. The van der Waals surface area contributed by atoms with Gasteiger partial charge in [-0.2, -0.15) is 0 Å². The third-order valence-corrected chi connectivity index (χ3v) is 3.62. The normalized spacial score (nSPS) is 18.5. The van der Waals surface area contributed by atoms with Crippen molar-refractivity contribution in [2.24, 2.45) is 11.1 Å². The highest BCUT2D eigenvalue weighted by Crippen LogP contribution is 2.45. The molecule has 0 unspecified atom stereocenters. The summed E-state index contributed by atoms with van der Waals surface area (Å²) in [6.45, 7) is 4.53. The lowest BCUT2D eigenvalue weighted by molar-refractivity contribution is -0.126. The Morgan fingerprint density at radius 3 is 2.76 bits per heavy atom. The first kappa shape index (κ1) is 12.1. The number of benzene rings is 1. The van der Waals surface area contributed by atoms with E-state index in [2.05, 4.69) is 24.4 Å². The first-order chi connectivity index (χ1) is 8.07. The van der Waals surface area contributed by atoms with Gasteiger partial charge in [-0.3, -0.25) is 4.79 Å². The average Bonchev–Trinajstić information content (AvgIpc) is 3.09. The van der Waals surface area contributed by atoms with Crippen LogP contribution in [-0.2, 0) is 4.79 Å². The molecule has 3 N–H and O–H groups in total. The number of nitrogens with one attached hydrogen (secondary N) is 1. The second-order valence-corrected chi connectivity index (χ2v) is 5.09. The number of hydrogen-bond donors (Lipinski definition) is 2. The van der Waals surface area contributed by atoms with Crippen LogP contribution in [0.2, 0.25) is 0 Å². The maximum absolute atomic E-state index is 12.0. The summed E-state index contributed by atoms with van der Waals surface area (Å²) in [6.07, 6.45) is 1.85. The van der Waals surface area contributed by atoms with Crippen LogP contribution < -0.4 is 11.1 Å². The number of aryl methyl sites for hydroxylation is 1. The molecule has 1 aliphatic carbocycles. The van der Waals surface area contributed by atoms with Crippen molar-refractivity contribution >= 4 is 5.91 Å². The summed E-state index contributed by atoms with van der Waals surface area (Å²) in [5, 5.41) is 3.06. The van der Waals surface area contributed by atoms with Crippen LogP contribution in [0.4, 0.5) is 0 Å². The number of carbonyl (C=O) groups is 1. The molecule has 0 bridgehead atoms. The largest absolute Gasteiger partial charge is 0.349 e. The van der Waals surface area contributed by atoms with Crippen molar-refractivity contribution in [1.29, 1.82) is 0 Å². The van der Waals surface area contributed by atoms with E-state index in [1.807, 2.05) is 19.1 Å². The zero-order valence-electron chi connectivity index (χ0n) is 10.5. The predicted molar refractivity (Wildman–Crippen MR) is 68.5 cm³/mol. The lowest BCUT2D eigenvalue weighted by atomic mass is 10.0. The molecule has 0 radical (unpaired) electrons. The van der Waals surface area contributed by atoms with E-state index < -0.39 is 0 Å². The molecule has 1 aromatic rings. The van der Waals surface area contributed by atoms with Crippen LogP contribution in [0, 0.1) is 12.3 Å². The number of rotatable bonds is 4. The highest BCUT2D eigenvalue weighted by molar-refractivity contribution is 5.85. The van der Waals surface area contributed by atoms with Crippen LogP contribution >= 0.6 is 0 Å². The second kappa shape index (κ2) is 4.49. The van der Waals surface area contributed by atoms with E-state index in [-0.39, 0.29) is 17.4 Å². The van der Waals surface area contributed by atoms with Crippen LogP contribution in [0.5, 0.6) is 0 Å². The summed E-state index contributed by atoms with van der Waals surface area (Å²) in [7, 11) is 0. The quantitative estimate of drug-likeness (QED) is 0.833. The molecule has 1 atom stereocenters.